The summed E-state index contributed by atoms with van der Waals surface area (Å²) in [5.74, 6) is 0.460. The minimum atomic E-state index is 0. The number of unbranched alkanes of at least 4 members (excludes halogenated alkanes) is 1. The third kappa shape index (κ3) is 19.7. The first-order chi connectivity index (χ1) is 18.7. The second kappa shape index (κ2) is 27.1. The molecule has 0 saturated heterocycles. The van der Waals surface area contributed by atoms with E-state index in [0.717, 1.165) is 66.3 Å². The average molecular weight is 1070 g/mol. The minimum Gasteiger partial charge on any atom is -0.518 e. The van der Waals surface area contributed by atoms with Crippen LogP contribution in [-0.2, 0) is 76.0 Å². The van der Waals surface area contributed by atoms with E-state index < -0.39 is 0 Å². The van der Waals surface area contributed by atoms with Crippen LogP contribution < -0.4 is 0 Å². The van der Waals surface area contributed by atoms with Crippen molar-refractivity contribution in [2.45, 2.75) is 70.6 Å². The number of aryl methyl sites for hydroxylation is 2. The smallest absolute Gasteiger partial charge is 0.110 e. The van der Waals surface area contributed by atoms with Crippen molar-refractivity contribution >= 4 is 6.08 Å². The zero-order chi connectivity index (χ0) is 29.0. The maximum Gasteiger partial charge on any atom is 0.110 e. The van der Waals surface area contributed by atoms with Gasteiger partial charge < -0.3 is 46.4 Å². The molecule has 0 amide bonds. The second-order valence-electron chi connectivity index (χ2n) is 8.92. The van der Waals surface area contributed by atoms with Crippen molar-refractivity contribution in [2.24, 2.45) is 0 Å². The number of rotatable bonds is 11. The largest absolute Gasteiger partial charge is 0.518 e. The number of nitrogens with zero attached hydrogens (tertiary/aromatic N) is 6. The molecule has 0 aliphatic rings. The zero-order valence-electron chi connectivity index (χ0n) is 24.7. The van der Waals surface area contributed by atoms with Gasteiger partial charge in [0, 0.05) is 63.2 Å². The average Bonchev–Trinajstić information content (AvgIpc) is 2.95. The number of allylic oxidation sites excluding steroid dienone is 3. The Balaban J connectivity index is -0.000000524. The van der Waals surface area contributed by atoms with Crippen LogP contribution in [0.25, 0.3) is 6.08 Å². The topological polar surface area (TPSA) is 77.3 Å². The summed E-state index contributed by atoms with van der Waals surface area (Å²) in [5, 5.41) is 0. The molecule has 228 valence electrons. The van der Waals surface area contributed by atoms with Crippen molar-refractivity contribution in [3.63, 3.8) is 0 Å². The Hall–Kier alpha value is -1.48. The molecule has 3 rings (SSSR count). The van der Waals surface area contributed by atoms with Gasteiger partial charge in [-0.25, -0.2) is 6.07 Å². The molecular formula is C33H39N6W3-9. The van der Waals surface area contributed by atoms with E-state index in [4.69, 9.17) is 13.2 Å². The van der Waals surface area contributed by atoms with Crippen LogP contribution in [0.4, 0.5) is 0 Å². The molecule has 0 saturated carbocycles. The summed E-state index contributed by atoms with van der Waals surface area (Å²) in [5.41, 5.74) is 5.18. The summed E-state index contributed by atoms with van der Waals surface area (Å²) in [6.07, 6.45) is 15.8. The van der Waals surface area contributed by atoms with Crippen LogP contribution in [-0.4, -0.2) is 29.9 Å². The van der Waals surface area contributed by atoms with Gasteiger partial charge in [-0.3, -0.25) is 60.8 Å². The molecule has 0 radical (unpaired) electrons. The molecule has 0 aliphatic heterocycles. The molecule has 0 spiro atoms. The van der Waals surface area contributed by atoms with Gasteiger partial charge in [0.25, 0.3) is 0 Å². The van der Waals surface area contributed by atoms with Crippen LogP contribution in [0.15, 0.2) is 37.2 Å². The summed E-state index contributed by atoms with van der Waals surface area (Å²) < 4.78 is 0. The predicted octanol–water partition coefficient (Wildman–Crippen LogP) is 6.72. The molecule has 0 aromatic carbocycles. The first-order valence-electron chi connectivity index (χ1n) is 13.0. The van der Waals surface area contributed by atoms with Gasteiger partial charge in [0.15, 0.2) is 0 Å². The van der Waals surface area contributed by atoms with Crippen LogP contribution in [0.3, 0.4) is 0 Å². The molecule has 0 bridgehead atoms. The van der Waals surface area contributed by atoms with Gasteiger partial charge >= 0.3 is 0 Å². The standard InChI is InChI=1S/C11H15N2.C11H13N2.C11H11N2.3W/c3*1-4-5-6-10-7-11(9(2)3)13-8-12-10;;;/h8-9H,1-2,4-6H2,3H3;1,4,8-9H,2,5-6H2,3H3;1,4-6,8-9H,2H2,3H3;;;/q3*-3;;;. The number of aromatic nitrogens is 6. The molecule has 3 unspecified atom stereocenters. The zero-order valence-corrected chi connectivity index (χ0v) is 33.5. The fourth-order valence-electron chi connectivity index (χ4n) is 2.84. The van der Waals surface area contributed by atoms with E-state index >= 15 is 0 Å². The Morgan fingerprint density at radius 1 is 0.714 bits per heavy atom. The van der Waals surface area contributed by atoms with E-state index in [-0.39, 0.29) is 80.9 Å². The fraction of sp³-hybridized carbons (Fsp3) is 0.333. The normalized spacial score (nSPS) is 11.9. The van der Waals surface area contributed by atoms with E-state index in [1.54, 1.807) is 30.9 Å². The van der Waals surface area contributed by atoms with Gasteiger partial charge in [-0.2, -0.15) is 29.6 Å². The Morgan fingerprint density at radius 2 is 1.17 bits per heavy atom. The number of hydrogen-bond acceptors (Lipinski definition) is 6. The quantitative estimate of drug-likeness (QED) is 0.157. The molecule has 3 atom stereocenters. The summed E-state index contributed by atoms with van der Waals surface area (Å²) in [6, 6.07) is 9.32. The van der Waals surface area contributed by atoms with Crippen molar-refractivity contribution in [3.05, 3.63) is 130 Å². The monoisotopic (exact) mass is 1070 g/mol. The van der Waals surface area contributed by atoms with Crippen LogP contribution in [0, 0.1) is 59.1 Å². The third-order valence-corrected chi connectivity index (χ3v) is 4.99. The van der Waals surface area contributed by atoms with Crippen molar-refractivity contribution in [1.29, 1.82) is 0 Å². The summed E-state index contributed by atoms with van der Waals surface area (Å²) >= 11 is 0. The molecule has 0 aliphatic carbocycles. The van der Waals surface area contributed by atoms with Crippen LogP contribution >= 0.6 is 0 Å². The van der Waals surface area contributed by atoms with E-state index in [9.17, 15) is 0 Å². The Labute approximate surface area is 298 Å². The first kappa shape index (κ1) is 45.0. The van der Waals surface area contributed by atoms with E-state index in [2.05, 4.69) is 75.8 Å². The molecule has 9 heteroatoms. The van der Waals surface area contributed by atoms with E-state index in [1.807, 2.05) is 20.8 Å². The fourth-order valence-corrected chi connectivity index (χ4v) is 2.84. The van der Waals surface area contributed by atoms with Gasteiger partial charge in [-0.15, -0.1) is 23.0 Å². The second-order valence-corrected chi connectivity index (χ2v) is 8.92. The van der Waals surface area contributed by atoms with Gasteiger partial charge in [-0.05, 0) is 12.8 Å². The van der Waals surface area contributed by atoms with E-state index in [1.165, 1.54) is 12.4 Å². The van der Waals surface area contributed by atoms with Crippen molar-refractivity contribution in [3.8, 4) is 0 Å². The number of hydrogen-bond donors (Lipinski definition) is 0. The minimum absolute atomic E-state index is 0. The molecule has 0 fully saturated rings. The maximum absolute atomic E-state index is 5.28. The van der Waals surface area contributed by atoms with Gasteiger partial charge in [0.1, 0.15) is 19.0 Å². The van der Waals surface area contributed by atoms with Crippen molar-refractivity contribution < 1.29 is 63.2 Å². The maximum atomic E-state index is 5.28. The molecule has 3 aromatic rings. The molecule has 6 nitrogen and oxygen atoms in total. The Kier molecular flexibility index (Phi) is 29.0. The first-order valence-corrected chi connectivity index (χ1v) is 13.0. The SMILES string of the molecule is [CH-]=CC=Cc1[c-]c(C([CH2-])C)ncn1.[CH-]=CCCc1[c-]c(C([CH2-])C)ncn1.[CH2-]CCCc1[c-]c(C([CH2-])C)ncn1.[W].[W].[W]. The van der Waals surface area contributed by atoms with Gasteiger partial charge in [0.2, 0.25) is 0 Å². The predicted molar refractivity (Wildman–Crippen MR) is 157 cm³/mol. The van der Waals surface area contributed by atoms with Crippen LogP contribution in [0.1, 0.15) is 92.0 Å². The summed E-state index contributed by atoms with van der Waals surface area (Å²) in [4.78, 5) is 24.4. The molecular weight excluding hydrogens is 1030 g/mol. The van der Waals surface area contributed by atoms with Crippen molar-refractivity contribution in [2.75, 3.05) is 0 Å². The van der Waals surface area contributed by atoms with Crippen LogP contribution in [0.5, 0.6) is 0 Å². The van der Waals surface area contributed by atoms with E-state index in [0.29, 0.717) is 0 Å². The van der Waals surface area contributed by atoms with Crippen LogP contribution in [0.2, 0.25) is 0 Å². The molecule has 42 heavy (non-hydrogen) atoms. The molecule has 0 N–H and O–H groups in total. The molecule has 3 heterocycles. The van der Waals surface area contributed by atoms with Crippen molar-refractivity contribution in [1.82, 2.24) is 29.9 Å². The molecule has 3 aromatic heterocycles. The summed E-state index contributed by atoms with van der Waals surface area (Å²) in [6.45, 7) is 31.8. The Bertz CT molecular complexity index is 1150. The van der Waals surface area contributed by atoms with Gasteiger partial charge in [-0.1, -0.05) is 39.3 Å². The summed E-state index contributed by atoms with van der Waals surface area (Å²) in [7, 11) is 0. The van der Waals surface area contributed by atoms with Gasteiger partial charge in [0.05, 0.1) is 0 Å². The Morgan fingerprint density at radius 3 is 1.60 bits per heavy atom. The third-order valence-electron chi connectivity index (χ3n) is 4.99.